The van der Waals surface area contributed by atoms with Gasteiger partial charge < -0.3 is 19.5 Å². The molecule has 7 heteroatoms. The first-order valence-electron chi connectivity index (χ1n) is 7.20. The lowest BCUT2D eigenvalue weighted by atomic mass is 10.0. The molecule has 21 heavy (non-hydrogen) atoms. The highest BCUT2D eigenvalue weighted by atomic mass is 16.5. The number of nitrogens with zero attached hydrogens (tertiary/aromatic N) is 3. The third-order valence-electron chi connectivity index (χ3n) is 3.44. The normalized spacial score (nSPS) is 21.2. The Labute approximate surface area is 123 Å². The number of rotatable bonds is 7. The summed E-state index contributed by atoms with van der Waals surface area (Å²) >= 11 is 0. The van der Waals surface area contributed by atoms with Crippen molar-refractivity contribution in [1.82, 2.24) is 9.97 Å². The van der Waals surface area contributed by atoms with Gasteiger partial charge in [-0.3, -0.25) is 4.79 Å². The smallest absolute Gasteiger partial charge is 0.311 e. The second-order valence-corrected chi connectivity index (χ2v) is 4.88. The first-order chi connectivity index (χ1) is 10.2. The maximum Gasteiger partial charge on any atom is 0.311 e. The second-order valence-electron chi connectivity index (χ2n) is 4.88. The van der Waals surface area contributed by atoms with Gasteiger partial charge >= 0.3 is 5.97 Å². The molecular weight excluding hydrogens is 274 g/mol. The minimum atomic E-state index is -0.852. The number of likely N-dealkylation sites (N-methyl/N-ethyl adjacent to an activating group) is 1. The Bertz CT molecular complexity index is 483. The van der Waals surface area contributed by atoms with Crippen LogP contribution in [-0.2, 0) is 9.53 Å². The molecule has 0 spiro atoms. The Morgan fingerprint density at radius 2 is 2.33 bits per heavy atom. The topological polar surface area (TPSA) is 84.8 Å². The predicted octanol–water partition coefficient (Wildman–Crippen LogP) is 1.19. The van der Waals surface area contributed by atoms with Crippen LogP contribution in [-0.4, -0.2) is 53.5 Å². The molecule has 0 bridgehead atoms. The molecule has 0 aliphatic carbocycles. The molecule has 1 N–H and O–H groups in total. The van der Waals surface area contributed by atoms with Crippen LogP contribution < -0.4 is 9.64 Å². The molecule has 116 valence electrons. The van der Waals surface area contributed by atoms with Crippen molar-refractivity contribution in [3.05, 3.63) is 12.3 Å². The number of aromatic nitrogens is 2. The fourth-order valence-electron chi connectivity index (χ4n) is 2.37. The van der Waals surface area contributed by atoms with Gasteiger partial charge in [-0.25, -0.2) is 4.98 Å². The summed E-state index contributed by atoms with van der Waals surface area (Å²) in [6.07, 6.45) is 2.52. The Hall–Kier alpha value is -1.89. The summed E-state index contributed by atoms with van der Waals surface area (Å²) in [5, 5.41) is 9.27. The van der Waals surface area contributed by atoms with Crippen LogP contribution in [0.1, 0.15) is 20.3 Å². The van der Waals surface area contributed by atoms with Gasteiger partial charge in [-0.2, -0.15) is 4.98 Å². The Morgan fingerprint density at radius 3 is 3.00 bits per heavy atom. The largest absolute Gasteiger partial charge is 0.481 e. The van der Waals surface area contributed by atoms with Gasteiger partial charge in [-0.15, -0.1) is 0 Å². The lowest BCUT2D eigenvalue weighted by Gasteiger charge is -2.29. The van der Waals surface area contributed by atoms with Gasteiger partial charge in [-0.1, -0.05) is 6.92 Å². The van der Waals surface area contributed by atoms with Crippen LogP contribution in [0.2, 0.25) is 0 Å². The quantitative estimate of drug-likeness (QED) is 0.808. The fraction of sp³-hybridized carbons (Fsp3) is 0.643. The van der Waals surface area contributed by atoms with E-state index in [4.69, 9.17) is 9.47 Å². The summed E-state index contributed by atoms with van der Waals surface area (Å²) in [5.74, 6) is -0.429. The number of ether oxygens (including phenoxy) is 2. The Kier molecular flexibility index (Phi) is 5.32. The van der Waals surface area contributed by atoms with Gasteiger partial charge in [-0.05, 0) is 13.3 Å². The van der Waals surface area contributed by atoms with Crippen molar-refractivity contribution in [3.63, 3.8) is 0 Å². The highest BCUT2D eigenvalue weighted by Gasteiger charge is 2.38. The van der Waals surface area contributed by atoms with Crippen molar-refractivity contribution in [3.8, 4) is 5.88 Å². The summed E-state index contributed by atoms with van der Waals surface area (Å²) in [4.78, 5) is 21.8. The van der Waals surface area contributed by atoms with E-state index in [1.165, 1.54) is 0 Å². The fourth-order valence-corrected chi connectivity index (χ4v) is 2.37. The Morgan fingerprint density at radius 1 is 1.52 bits per heavy atom. The van der Waals surface area contributed by atoms with Crippen LogP contribution >= 0.6 is 0 Å². The molecule has 0 aromatic carbocycles. The van der Waals surface area contributed by atoms with E-state index >= 15 is 0 Å². The van der Waals surface area contributed by atoms with Crippen LogP contribution in [0, 0.1) is 5.92 Å². The van der Waals surface area contributed by atoms with Crippen molar-refractivity contribution in [1.29, 1.82) is 0 Å². The minimum absolute atomic E-state index is 0.225. The van der Waals surface area contributed by atoms with Crippen LogP contribution in [0.5, 0.6) is 5.88 Å². The molecule has 2 rings (SSSR count). The van der Waals surface area contributed by atoms with Gasteiger partial charge in [0.15, 0.2) is 0 Å². The third kappa shape index (κ3) is 3.60. The SMILES string of the molecule is CCCOc1ccnc(N(CC)C2COCC2C(=O)O)n1. The molecular formula is C14H21N3O4. The molecule has 1 saturated heterocycles. The predicted molar refractivity (Wildman–Crippen MR) is 76.6 cm³/mol. The molecule has 2 heterocycles. The average Bonchev–Trinajstić information content (AvgIpc) is 2.96. The van der Waals surface area contributed by atoms with E-state index in [1.807, 2.05) is 18.7 Å². The van der Waals surface area contributed by atoms with Crippen LogP contribution in [0.3, 0.4) is 0 Å². The van der Waals surface area contributed by atoms with Crippen LogP contribution in [0.15, 0.2) is 12.3 Å². The summed E-state index contributed by atoms with van der Waals surface area (Å²) in [6, 6.07) is 1.45. The maximum atomic E-state index is 11.3. The zero-order valence-corrected chi connectivity index (χ0v) is 12.4. The van der Waals surface area contributed by atoms with Crippen LogP contribution in [0.25, 0.3) is 0 Å². The van der Waals surface area contributed by atoms with Gasteiger partial charge in [0.2, 0.25) is 11.8 Å². The van der Waals surface area contributed by atoms with Crippen molar-refractivity contribution in [2.75, 3.05) is 31.3 Å². The number of hydrogen-bond acceptors (Lipinski definition) is 6. The first-order valence-corrected chi connectivity index (χ1v) is 7.20. The molecule has 1 fully saturated rings. The minimum Gasteiger partial charge on any atom is -0.481 e. The van der Waals surface area contributed by atoms with Gasteiger partial charge in [0.05, 0.1) is 25.9 Å². The van der Waals surface area contributed by atoms with Gasteiger partial charge in [0.25, 0.3) is 0 Å². The molecule has 1 aliphatic heterocycles. The monoisotopic (exact) mass is 295 g/mol. The molecule has 7 nitrogen and oxygen atoms in total. The molecule has 0 radical (unpaired) electrons. The van der Waals surface area contributed by atoms with E-state index in [0.717, 1.165) is 6.42 Å². The van der Waals surface area contributed by atoms with E-state index in [1.54, 1.807) is 12.3 Å². The summed E-state index contributed by atoms with van der Waals surface area (Å²) in [5.41, 5.74) is 0. The summed E-state index contributed by atoms with van der Waals surface area (Å²) in [6.45, 7) is 5.76. The highest BCUT2D eigenvalue weighted by Crippen LogP contribution is 2.24. The lowest BCUT2D eigenvalue weighted by Crippen LogP contribution is -2.44. The van der Waals surface area contributed by atoms with Crippen molar-refractivity contribution < 1.29 is 19.4 Å². The maximum absolute atomic E-state index is 11.3. The molecule has 0 saturated carbocycles. The highest BCUT2D eigenvalue weighted by molar-refractivity contribution is 5.72. The number of carboxylic acid groups (broad SMARTS) is 1. The number of carbonyl (C=O) groups is 1. The molecule has 2 unspecified atom stereocenters. The lowest BCUT2D eigenvalue weighted by molar-refractivity contribution is -0.141. The van der Waals surface area contributed by atoms with Gasteiger partial charge in [0, 0.05) is 18.8 Å². The average molecular weight is 295 g/mol. The number of carboxylic acids is 1. The summed E-state index contributed by atoms with van der Waals surface area (Å²) < 4.78 is 10.8. The summed E-state index contributed by atoms with van der Waals surface area (Å²) in [7, 11) is 0. The van der Waals surface area contributed by atoms with Crippen LogP contribution in [0.4, 0.5) is 5.95 Å². The van der Waals surface area contributed by atoms with Gasteiger partial charge in [0.1, 0.15) is 5.92 Å². The molecule has 0 amide bonds. The molecule has 2 atom stereocenters. The first kappa shape index (κ1) is 15.5. The zero-order chi connectivity index (χ0) is 15.2. The molecule has 1 aliphatic rings. The van der Waals surface area contributed by atoms with Crippen molar-refractivity contribution >= 4 is 11.9 Å². The molecule has 1 aromatic heterocycles. The van der Waals surface area contributed by atoms with E-state index < -0.39 is 11.9 Å². The zero-order valence-electron chi connectivity index (χ0n) is 12.4. The van der Waals surface area contributed by atoms with Crippen molar-refractivity contribution in [2.24, 2.45) is 5.92 Å². The van der Waals surface area contributed by atoms with Crippen molar-refractivity contribution in [2.45, 2.75) is 26.3 Å². The standard InChI is InChI=1S/C14H21N3O4/c1-3-7-21-12-5-6-15-14(16-12)17(4-2)11-9-20-8-10(11)13(18)19/h5-6,10-11H,3-4,7-9H2,1-2H3,(H,18,19). The van der Waals surface area contributed by atoms with E-state index in [0.29, 0.717) is 31.6 Å². The van der Waals surface area contributed by atoms with E-state index in [2.05, 4.69) is 9.97 Å². The van der Waals surface area contributed by atoms with E-state index in [9.17, 15) is 9.90 Å². The number of hydrogen-bond donors (Lipinski definition) is 1. The number of aliphatic carboxylic acids is 1. The second kappa shape index (κ2) is 7.21. The Balaban J connectivity index is 2.18. The van der Waals surface area contributed by atoms with E-state index in [-0.39, 0.29) is 12.6 Å². The third-order valence-corrected chi connectivity index (χ3v) is 3.44. The number of anilines is 1. The molecule has 1 aromatic rings.